The predicted octanol–water partition coefficient (Wildman–Crippen LogP) is 2.10. The predicted molar refractivity (Wildman–Crippen MR) is 93.3 cm³/mol. The molecule has 0 aromatic heterocycles. The molecule has 1 aromatic carbocycles. The second-order valence-electron chi connectivity index (χ2n) is 7.19. The van der Waals surface area contributed by atoms with E-state index in [2.05, 4.69) is 13.8 Å². The van der Waals surface area contributed by atoms with Crippen molar-refractivity contribution in [2.45, 2.75) is 32.6 Å². The quantitative estimate of drug-likeness (QED) is 0.849. The summed E-state index contributed by atoms with van der Waals surface area (Å²) in [6.45, 7) is 5.38. The molecule has 0 unspecified atom stereocenters. The topological polar surface area (TPSA) is 77.9 Å². The highest BCUT2D eigenvalue weighted by Gasteiger charge is 2.42. The van der Waals surface area contributed by atoms with Gasteiger partial charge in [0.2, 0.25) is 11.8 Å². The number of amides is 2. The average Bonchev–Trinajstić information content (AvgIpc) is 3.21. The molecule has 0 aliphatic carbocycles. The monoisotopic (exact) mass is 344 g/mol. The van der Waals surface area contributed by atoms with Gasteiger partial charge in [0, 0.05) is 25.3 Å². The number of carboxylic acid groups (broad SMARTS) is 1. The van der Waals surface area contributed by atoms with E-state index >= 15 is 0 Å². The SMILES string of the molecule is CC(C)c1ccc(N2CC[C@H](C(=O)N3CC[C@H](C(=O)O)C3)C2=O)cc1. The number of hydrogen-bond acceptors (Lipinski definition) is 3. The summed E-state index contributed by atoms with van der Waals surface area (Å²) in [5, 5.41) is 9.07. The molecular formula is C19H24N2O4. The molecule has 134 valence electrons. The van der Waals surface area contributed by atoms with Crippen molar-refractivity contribution in [1.82, 2.24) is 4.90 Å². The van der Waals surface area contributed by atoms with E-state index in [9.17, 15) is 14.4 Å². The number of likely N-dealkylation sites (tertiary alicyclic amines) is 1. The van der Waals surface area contributed by atoms with E-state index in [1.807, 2.05) is 24.3 Å². The van der Waals surface area contributed by atoms with Crippen LogP contribution >= 0.6 is 0 Å². The summed E-state index contributed by atoms with van der Waals surface area (Å²) in [6.07, 6.45) is 0.945. The molecule has 2 aliphatic heterocycles. The lowest BCUT2D eigenvalue weighted by Gasteiger charge is -2.21. The zero-order chi connectivity index (χ0) is 18.1. The Morgan fingerprint density at radius 1 is 1.12 bits per heavy atom. The number of nitrogens with zero attached hydrogens (tertiary/aromatic N) is 2. The fourth-order valence-electron chi connectivity index (χ4n) is 3.59. The largest absolute Gasteiger partial charge is 0.481 e. The van der Waals surface area contributed by atoms with Gasteiger partial charge < -0.3 is 14.9 Å². The number of carbonyl (C=O) groups is 3. The van der Waals surface area contributed by atoms with E-state index in [-0.39, 0.29) is 18.4 Å². The fourth-order valence-corrected chi connectivity index (χ4v) is 3.59. The highest BCUT2D eigenvalue weighted by Crippen LogP contribution is 2.29. The van der Waals surface area contributed by atoms with Gasteiger partial charge in [0.25, 0.3) is 0 Å². The normalized spacial score (nSPS) is 23.6. The number of carboxylic acids is 1. The first-order chi connectivity index (χ1) is 11.9. The van der Waals surface area contributed by atoms with E-state index < -0.39 is 17.8 Å². The zero-order valence-electron chi connectivity index (χ0n) is 14.6. The molecule has 2 atom stereocenters. The summed E-state index contributed by atoms with van der Waals surface area (Å²) in [7, 11) is 0. The second-order valence-corrected chi connectivity index (χ2v) is 7.19. The Labute approximate surface area is 147 Å². The van der Waals surface area contributed by atoms with Crippen LogP contribution in [0.1, 0.15) is 38.2 Å². The lowest BCUT2D eigenvalue weighted by Crippen LogP contribution is -2.39. The maximum Gasteiger partial charge on any atom is 0.308 e. The highest BCUT2D eigenvalue weighted by molar-refractivity contribution is 6.09. The van der Waals surface area contributed by atoms with Crippen LogP contribution in [-0.4, -0.2) is 47.4 Å². The Hall–Kier alpha value is -2.37. The van der Waals surface area contributed by atoms with E-state index in [0.29, 0.717) is 31.8 Å². The molecule has 1 N–H and O–H groups in total. The first-order valence-electron chi connectivity index (χ1n) is 8.81. The molecular weight excluding hydrogens is 320 g/mol. The molecule has 6 nitrogen and oxygen atoms in total. The summed E-state index contributed by atoms with van der Waals surface area (Å²) in [5.74, 6) is -2.05. The summed E-state index contributed by atoms with van der Waals surface area (Å²) >= 11 is 0. The number of carbonyl (C=O) groups excluding carboxylic acids is 2. The molecule has 0 spiro atoms. The Kier molecular flexibility index (Phi) is 4.79. The summed E-state index contributed by atoms with van der Waals surface area (Å²) in [6, 6.07) is 7.88. The van der Waals surface area contributed by atoms with E-state index in [0.717, 1.165) is 5.69 Å². The van der Waals surface area contributed by atoms with Crippen LogP contribution < -0.4 is 4.90 Å². The maximum absolute atomic E-state index is 12.7. The van der Waals surface area contributed by atoms with Crippen molar-refractivity contribution < 1.29 is 19.5 Å². The van der Waals surface area contributed by atoms with Crippen molar-refractivity contribution >= 4 is 23.5 Å². The third-order valence-corrected chi connectivity index (χ3v) is 5.22. The molecule has 2 aliphatic rings. The van der Waals surface area contributed by atoms with Gasteiger partial charge in [0.05, 0.1) is 5.92 Å². The molecule has 25 heavy (non-hydrogen) atoms. The summed E-state index contributed by atoms with van der Waals surface area (Å²) < 4.78 is 0. The highest BCUT2D eigenvalue weighted by atomic mass is 16.4. The van der Waals surface area contributed by atoms with Gasteiger partial charge in [-0.2, -0.15) is 0 Å². The number of anilines is 1. The Morgan fingerprint density at radius 3 is 2.36 bits per heavy atom. The van der Waals surface area contributed by atoms with Gasteiger partial charge in [-0.15, -0.1) is 0 Å². The van der Waals surface area contributed by atoms with Crippen LogP contribution in [0, 0.1) is 11.8 Å². The maximum atomic E-state index is 12.7. The Bertz CT molecular complexity index is 683. The number of benzene rings is 1. The fraction of sp³-hybridized carbons (Fsp3) is 0.526. The molecule has 0 saturated carbocycles. The minimum atomic E-state index is -0.875. The summed E-state index contributed by atoms with van der Waals surface area (Å²) in [5.41, 5.74) is 2.02. The first kappa shape index (κ1) is 17.5. The van der Waals surface area contributed by atoms with Crippen molar-refractivity contribution in [1.29, 1.82) is 0 Å². The molecule has 2 saturated heterocycles. The van der Waals surface area contributed by atoms with Crippen molar-refractivity contribution in [3.05, 3.63) is 29.8 Å². The van der Waals surface area contributed by atoms with E-state index in [1.165, 1.54) is 10.5 Å². The second kappa shape index (κ2) is 6.86. The minimum Gasteiger partial charge on any atom is -0.481 e. The van der Waals surface area contributed by atoms with Crippen LogP contribution in [0.25, 0.3) is 0 Å². The van der Waals surface area contributed by atoms with Crippen molar-refractivity contribution in [3.8, 4) is 0 Å². The number of hydrogen-bond donors (Lipinski definition) is 1. The molecule has 2 amide bonds. The summed E-state index contributed by atoms with van der Waals surface area (Å²) in [4.78, 5) is 39.6. The molecule has 2 fully saturated rings. The van der Waals surface area contributed by atoms with Gasteiger partial charge in [-0.1, -0.05) is 26.0 Å². The van der Waals surface area contributed by atoms with Crippen LogP contribution in [-0.2, 0) is 14.4 Å². The average molecular weight is 344 g/mol. The van der Waals surface area contributed by atoms with Gasteiger partial charge in [-0.25, -0.2) is 0 Å². The Balaban J connectivity index is 1.67. The van der Waals surface area contributed by atoms with Gasteiger partial charge >= 0.3 is 5.97 Å². The van der Waals surface area contributed by atoms with Crippen LogP contribution in [0.5, 0.6) is 0 Å². The standard InChI is InChI=1S/C19H24N2O4/c1-12(2)13-3-5-15(6-4-13)21-10-8-16(18(21)23)17(22)20-9-7-14(11-20)19(24)25/h3-6,12,14,16H,7-11H2,1-2H3,(H,24,25)/t14-,16+/m0/s1. The molecule has 6 heteroatoms. The molecule has 0 bridgehead atoms. The van der Waals surface area contributed by atoms with Crippen molar-refractivity contribution in [2.24, 2.45) is 11.8 Å². The lowest BCUT2D eigenvalue weighted by molar-refractivity contribution is -0.142. The number of aliphatic carboxylic acids is 1. The van der Waals surface area contributed by atoms with Crippen molar-refractivity contribution in [2.75, 3.05) is 24.5 Å². The number of rotatable bonds is 4. The smallest absolute Gasteiger partial charge is 0.308 e. The minimum absolute atomic E-state index is 0.180. The molecule has 1 aromatic rings. The van der Waals surface area contributed by atoms with Gasteiger partial charge in [0.1, 0.15) is 5.92 Å². The molecule has 0 radical (unpaired) electrons. The van der Waals surface area contributed by atoms with Gasteiger partial charge in [-0.3, -0.25) is 14.4 Å². The third kappa shape index (κ3) is 3.38. The van der Waals surface area contributed by atoms with Crippen LogP contribution in [0.3, 0.4) is 0 Å². The van der Waals surface area contributed by atoms with E-state index in [1.54, 1.807) is 4.90 Å². The van der Waals surface area contributed by atoms with E-state index in [4.69, 9.17) is 5.11 Å². The first-order valence-corrected chi connectivity index (χ1v) is 8.81. The third-order valence-electron chi connectivity index (χ3n) is 5.22. The van der Waals surface area contributed by atoms with Gasteiger partial charge in [-0.05, 0) is 36.5 Å². The van der Waals surface area contributed by atoms with Crippen LogP contribution in [0.15, 0.2) is 24.3 Å². The van der Waals surface area contributed by atoms with Crippen LogP contribution in [0.2, 0.25) is 0 Å². The molecule has 2 heterocycles. The van der Waals surface area contributed by atoms with Crippen molar-refractivity contribution in [3.63, 3.8) is 0 Å². The Morgan fingerprint density at radius 2 is 1.80 bits per heavy atom. The van der Waals surface area contributed by atoms with Crippen LogP contribution in [0.4, 0.5) is 5.69 Å². The molecule has 3 rings (SSSR count). The zero-order valence-corrected chi connectivity index (χ0v) is 14.6. The lowest BCUT2D eigenvalue weighted by atomic mass is 10.0. The van der Waals surface area contributed by atoms with Gasteiger partial charge in [0.15, 0.2) is 0 Å².